The van der Waals surface area contributed by atoms with Crippen LogP contribution in [-0.2, 0) is 6.42 Å². The number of rotatable bonds is 6. The largest absolute Gasteiger partial charge is 0.326 e. The third kappa shape index (κ3) is 4.12. The Morgan fingerprint density at radius 3 is 2.44 bits per heavy atom. The zero-order valence-corrected chi connectivity index (χ0v) is 10.9. The number of halogens is 1. The molecule has 2 N–H and O–H groups in total. The highest BCUT2D eigenvalue weighted by Crippen LogP contribution is 2.16. The maximum atomic E-state index is 6.13. The number of nitrogens with two attached hydrogens (primary N) is 1. The van der Waals surface area contributed by atoms with Crippen LogP contribution in [0.5, 0.6) is 0 Å². The summed E-state index contributed by atoms with van der Waals surface area (Å²) in [5.41, 5.74) is 7.27. The molecular weight excluding hydrogens is 220 g/mol. The molecule has 0 fully saturated rings. The first kappa shape index (κ1) is 13.5. The van der Waals surface area contributed by atoms with E-state index in [-0.39, 0.29) is 6.04 Å². The molecule has 3 heteroatoms. The van der Waals surface area contributed by atoms with Crippen molar-refractivity contribution in [1.29, 1.82) is 0 Å². The maximum Gasteiger partial charge on any atom is 0.0438 e. The Morgan fingerprint density at radius 1 is 1.25 bits per heavy atom. The first-order valence-electron chi connectivity index (χ1n) is 5.88. The fraction of sp³-hybridized carbons (Fsp3) is 0.538. The van der Waals surface area contributed by atoms with Crippen molar-refractivity contribution in [3.05, 3.63) is 34.9 Å². The molecule has 1 aromatic carbocycles. The van der Waals surface area contributed by atoms with Crippen LogP contribution in [0.25, 0.3) is 0 Å². The third-order valence-corrected chi connectivity index (χ3v) is 3.20. The molecule has 0 spiro atoms. The molecule has 1 rings (SSSR count). The van der Waals surface area contributed by atoms with E-state index in [0.717, 1.165) is 36.6 Å². The Morgan fingerprint density at radius 2 is 1.88 bits per heavy atom. The second-order valence-electron chi connectivity index (χ2n) is 4.04. The lowest BCUT2D eigenvalue weighted by atomic mass is 10.1. The molecule has 0 radical (unpaired) electrons. The Bertz CT molecular complexity index is 311. The molecule has 1 unspecified atom stereocenters. The molecule has 0 aliphatic rings. The lowest BCUT2D eigenvalue weighted by Gasteiger charge is -2.22. The molecule has 0 saturated carbocycles. The van der Waals surface area contributed by atoms with Crippen LogP contribution in [0, 0.1) is 0 Å². The monoisotopic (exact) mass is 240 g/mol. The van der Waals surface area contributed by atoms with Gasteiger partial charge >= 0.3 is 0 Å². The Labute approximate surface area is 103 Å². The van der Waals surface area contributed by atoms with Crippen molar-refractivity contribution in [1.82, 2.24) is 4.90 Å². The van der Waals surface area contributed by atoms with Crippen molar-refractivity contribution < 1.29 is 0 Å². The average Bonchev–Trinajstić information content (AvgIpc) is 2.29. The second-order valence-corrected chi connectivity index (χ2v) is 4.45. The molecule has 0 aromatic heterocycles. The molecule has 16 heavy (non-hydrogen) atoms. The minimum atomic E-state index is 0.153. The van der Waals surface area contributed by atoms with Gasteiger partial charge in [0.25, 0.3) is 0 Å². The highest BCUT2D eigenvalue weighted by molar-refractivity contribution is 6.31. The van der Waals surface area contributed by atoms with Crippen LogP contribution in [0.15, 0.2) is 24.3 Å². The molecule has 1 aromatic rings. The van der Waals surface area contributed by atoms with Gasteiger partial charge in [-0.3, -0.25) is 0 Å². The van der Waals surface area contributed by atoms with Gasteiger partial charge in [0.05, 0.1) is 0 Å². The summed E-state index contributed by atoms with van der Waals surface area (Å²) in [5, 5.41) is 0.817. The standard InChI is InChI=1S/C13H21ClN2/c1-3-16(4-2)10-12(15)9-11-7-5-6-8-13(11)14/h5-8,12H,3-4,9-10,15H2,1-2H3. The first-order chi connectivity index (χ1) is 7.67. The Kier molecular flexibility index (Phi) is 5.81. The lowest BCUT2D eigenvalue weighted by molar-refractivity contribution is 0.282. The molecule has 0 heterocycles. The van der Waals surface area contributed by atoms with E-state index in [1.807, 2.05) is 24.3 Å². The van der Waals surface area contributed by atoms with Crippen molar-refractivity contribution in [2.24, 2.45) is 5.73 Å². The van der Waals surface area contributed by atoms with Gasteiger partial charge in [0.1, 0.15) is 0 Å². The number of hydrogen-bond donors (Lipinski definition) is 1. The van der Waals surface area contributed by atoms with Gasteiger partial charge in [-0.2, -0.15) is 0 Å². The van der Waals surface area contributed by atoms with Crippen LogP contribution in [0.4, 0.5) is 0 Å². The molecule has 90 valence electrons. The van der Waals surface area contributed by atoms with E-state index in [2.05, 4.69) is 18.7 Å². The predicted molar refractivity (Wildman–Crippen MR) is 70.9 cm³/mol. The summed E-state index contributed by atoms with van der Waals surface area (Å²) in [4.78, 5) is 2.33. The molecule has 0 amide bonds. The van der Waals surface area contributed by atoms with Crippen LogP contribution in [0.1, 0.15) is 19.4 Å². The summed E-state index contributed by atoms with van der Waals surface area (Å²) in [6, 6.07) is 8.07. The van der Waals surface area contributed by atoms with Gasteiger partial charge in [0.2, 0.25) is 0 Å². The summed E-state index contributed by atoms with van der Waals surface area (Å²) >= 11 is 6.10. The highest BCUT2D eigenvalue weighted by Gasteiger charge is 2.09. The van der Waals surface area contributed by atoms with Crippen molar-refractivity contribution >= 4 is 11.6 Å². The smallest absolute Gasteiger partial charge is 0.0438 e. The van der Waals surface area contributed by atoms with E-state index in [0.29, 0.717) is 0 Å². The minimum Gasteiger partial charge on any atom is -0.326 e. The minimum absolute atomic E-state index is 0.153. The maximum absolute atomic E-state index is 6.13. The Balaban J connectivity index is 2.51. The van der Waals surface area contributed by atoms with Gasteiger partial charge < -0.3 is 10.6 Å². The molecule has 0 aliphatic heterocycles. The van der Waals surface area contributed by atoms with Gasteiger partial charge in [-0.1, -0.05) is 43.6 Å². The van der Waals surface area contributed by atoms with E-state index in [1.165, 1.54) is 0 Å². The molecule has 2 nitrogen and oxygen atoms in total. The summed E-state index contributed by atoms with van der Waals surface area (Å²) in [5.74, 6) is 0. The lowest BCUT2D eigenvalue weighted by Crippen LogP contribution is -2.38. The zero-order chi connectivity index (χ0) is 12.0. The number of benzene rings is 1. The summed E-state index contributed by atoms with van der Waals surface area (Å²) in [6.45, 7) is 7.34. The van der Waals surface area contributed by atoms with Crippen LogP contribution < -0.4 is 5.73 Å². The average molecular weight is 241 g/mol. The Hall–Kier alpha value is -0.570. The van der Waals surface area contributed by atoms with Crippen LogP contribution in [0.2, 0.25) is 5.02 Å². The van der Waals surface area contributed by atoms with Gasteiger partial charge in [0, 0.05) is 17.6 Å². The number of nitrogens with zero attached hydrogens (tertiary/aromatic N) is 1. The van der Waals surface area contributed by atoms with E-state index in [4.69, 9.17) is 17.3 Å². The van der Waals surface area contributed by atoms with E-state index < -0.39 is 0 Å². The normalized spacial score (nSPS) is 13.1. The summed E-state index contributed by atoms with van der Waals surface area (Å²) < 4.78 is 0. The zero-order valence-electron chi connectivity index (χ0n) is 10.1. The molecule has 1 atom stereocenters. The van der Waals surface area contributed by atoms with E-state index in [9.17, 15) is 0 Å². The van der Waals surface area contributed by atoms with Crippen molar-refractivity contribution in [2.45, 2.75) is 26.3 Å². The molecular formula is C13H21ClN2. The molecule has 0 aliphatic carbocycles. The van der Waals surface area contributed by atoms with Crippen LogP contribution in [0.3, 0.4) is 0 Å². The second kappa shape index (κ2) is 6.89. The van der Waals surface area contributed by atoms with E-state index >= 15 is 0 Å². The van der Waals surface area contributed by atoms with Gasteiger partial charge in [0.15, 0.2) is 0 Å². The van der Waals surface area contributed by atoms with Crippen molar-refractivity contribution in [2.75, 3.05) is 19.6 Å². The van der Waals surface area contributed by atoms with Gasteiger partial charge in [-0.05, 0) is 31.1 Å². The number of likely N-dealkylation sites (N-methyl/N-ethyl adjacent to an activating group) is 1. The fourth-order valence-corrected chi connectivity index (χ4v) is 2.04. The van der Waals surface area contributed by atoms with Crippen molar-refractivity contribution in [3.8, 4) is 0 Å². The third-order valence-electron chi connectivity index (χ3n) is 2.83. The van der Waals surface area contributed by atoms with Crippen LogP contribution >= 0.6 is 11.6 Å². The van der Waals surface area contributed by atoms with Crippen LogP contribution in [-0.4, -0.2) is 30.6 Å². The van der Waals surface area contributed by atoms with Gasteiger partial charge in [-0.25, -0.2) is 0 Å². The van der Waals surface area contributed by atoms with Gasteiger partial charge in [-0.15, -0.1) is 0 Å². The highest BCUT2D eigenvalue weighted by atomic mass is 35.5. The topological polar surface area (TPSA) is 29.3 Å². The SMILES string of the molecule is CCN(CC)CC(N)Cc1ccccc1Cl. The quantitative estimate of drug-likeness (QED) is 0.828. The predicted octanol–water partition coefficient (Wildman–Crippen LogP) is 2.55. The summed E-state index contributed by atoms with van der Waals surface area (Å²) in [7, 11) is 0. The first-order valence-corrected chi connectivity index (χ1v) is 6.26. The summed E-state index contributed by atoms with van der Waals surface area (Å²) in [6.07, 6.45) is 0.843. The molecule has 0 bridgehead atoms. The number of hydrogen-bond acceptors (Lipinski definition) is 2. The van der Waals surface area contributed by atoms with Crippen molar-refractivity contribution in [3.63, 3.8) is 0 Å². The van der Waals surface area contributed by atoms with E-state index in [1.54, 1.807) is 0 Å². The molecule has 0 saturated heterocycles. The fourth-order valence-electron chi connectivity index (χ4n) is 1.82.